The van der Waals surface area contributed by atoms with Crippen LogP contribution in [0.25, 0.3) is 11.1 Å². The summed E-state index contributed by atoms with van der Waals surface area (Å²) in [7, 11) is 1.96. The van der Waals surface area contributed by atoms with E-state index in [0.717, 1.165) is 33.6 Å². The summed E-state index contributed by atoms with van der Waals surface area (Å²) in [6.07, 6.45) is 0.606. The highest BCUT2D eigenvalue weighted by Gasteiger charge is 2.46. The molecule has 1 fully saturated rings. The van der Waals surface area contributed by atoms with Crippen molar-refractivity contribution in [2.24, 2.45) is 7.05 Å². The van der Waals surface area contributed by atoms with E-state index >= 15 is 0 Å². The van der Waals surface area contributed by atoms with Crippen molar-refractivity contribution in [1.82, 2.24) is 14.7 Å². The first-order valence-corrected chi connectivity index (χ1v) is 11.9. The summed E-state index contributed by atoms with van der Waals surface area (Å²) in [6, 6.07) is 18.0. The van der Waals surface area contributed by atoms with Gasteiger partial charge in [-0.25, -0.2) is 4.79 Å². The predicted molar refractivity (Wildman–Crippen MR) is 133 cm³/mol. The molecule has 1 aromatic heterocycles. The Balaban J connectivity index is 1.55. The smallest absolute Gasteiger partial charge is 0.411 e. The van der Waals surface area contributed by atoms with Gasteiger partial charge >= 0.3 is 6.09 Å². The fourth-order valence-corrected chi connectivity index (χ4v) is 5.19. The molecule has 2 aromatic carbocycles. The fraction of sp³-hybridized carbons (Fsp3) is 0.429. The molecule has 2 heterocycles. The first-order valence-electron chi connectivity index (χ1n) is 11.9. The van der Waals surface area contributed by atoms with Gasteiger partial charge in [0.2, 0.25) is 0 Å². The number of hydrogen-bond acceptors (Lipinski definition) is 4. The van der Waals surface area contributed by atoms with Crippen LogP contribution in [0.2, 0.25) is 0 Å². The van der Waals surface area contributed by atoms with E-state index in [1.54, 1.807) is 18.7 Å². The number of amides is 1. The van der Waals surface area contributed by atoms with Crippen molar-refractivity contribution >= 4 is 6.09 Å². The number of aliphatic hydroxyl groups is 1. The highest BCUT2D eigenvalue weighted by Crippen LogP contribution is 2.42. The van der Waals surface area contributed by atoms with Crippen molar-refractivity contribution < 1.29 is 14.6 Å². The number of ether oxygens (including phenoxy) is 1. The standard InChI is InChI=1S/C28H35N3O3/c1-19-25(21(3)30(6)29-19)23-14-12-22(13-15-23)20(2)31-17-16-28(34-26(31)32,18-27(4,5)33)24-10-8-7-9-11-24/h7-15,20,33H,16-18H2,1-6H3/t20-,28-/m0/s1. The zero-order valence-electron chi connectivity index (χ0n) is 21.0. The second-order valence-electron chi connectivity index (χ2n) is 10.1. The minimum atomic E-state index is -0.970. The number of rotatable bonds is 6. The van der Waals surface area contributed by atoms with Gasteiger partial charge in [0.05, 0.1) is 17.3 Å². The minimum absolute atomic E-state index is 0.131. The van der Waals surface area contributed by atoms with E-state index in [4.69, 9.17) is 4.74 Å². The van der Waals surface area contributed by atoms with Crippen molar-refractivity contribution in [1.29, 1.82) is 0 Å². The molecule has 1 amide bonds. The molecule has 1 N–H and O–H groups in total. The summed E-state index contributed by atoms with van der Waals surface area (Å²) in [5, 5.41) is 15.1. The summed E-state index contributed by atoms with van der Waals surface area (Å²) in [5.41, 5.74) is 4.56. The van der Waals surface area contributed by atoms with Gasteiger partial charge in [-0.2, -0.15) is 5.10 Å². The van der Waals surface area contributed by atoms with Gasteiger partial charge in [-0.3, -0.25) is 4.68 Å². The topological polar surface area (TPSA) is 67.6 Å². The van der Waals surface area contributed by atoms with Crippen molar-refractivity contribution in [3.05, 3.63) is 77.1 Å². The maximum atomic E-state index is 13.3. The van der Waals surface area contributed by atoms with Crippen LogP contribution in [0.4, 0.5) is 4.79 Å². The van der Waals surface area contributed by atoms with Crippen LogP contribution in [0.5, 0.6) is 0 Å². The van der Waals surface area contributed by atoms with E-state index < -0.39 is 11.2 Å². The molecule has 180 valence electrons. The maximum absolute atomic E-state index is 13.3. The molecule has 0 unspecified atom stereocenters. The molecular weight excluding hydrogens is 426 g/mol. The van der Waals surface area contributed by atoms with Gasteiger partial charge in [0, 0.05) is 37.7 Å². The Morgan fingerprint density at radius 1 is 1.12 bits per heavy atom. The average molecular weight is 462 g/mol. The molecule has 0 bridgehead atoms. The first kappa shape index (κ1) is 24.0. The van der Waals surface area contributed by atoms with Gasteiger partial charge in [0.15, 0.2) is 0 Å². The number of carbonyl (C=O) groups excluding carboxylic acids is 1. The lowest BCUT2D eigenvalue weighted by Gasteiger charge is -2.45. The Morgan fingerprint density at radius 3 is 2.29 bits per heavy atom. The lowest BCUT2D eigenvalue weighted by Crippen LogP contribution is -2.51. The van der Waals surface area contributed by atoms with Crippen molar-refractivity contribution in [3.63, 3.8) is 0 Å². The number of carbonyl (C=O) groups is 1. The third-order valence-corrected chi connectivity index (χ3v) is 6.95. The van der Waals surface area contributed by atoms with Gasteiger partial charge in [0.25, 0.3) is 0 Å². The minimum Gasteiger partial charge on any atom is -0.438 e. The Morgan fingerprint density at radius 2 is 1.76 bits per heavy atom. The summed E-state index contributed by atoms with van der Waals surface area (Å²) < 4.78 is 8.03. The first-order chi connectivity index (χ1) is 16.0. The molecule has 6 nitrogen and oxygen atoms in total. The van der Waals surface area contributed by atoms with Crippen molar-refractivity contribution in [3.8, 4) is 11.1 Å². The number of hydrogen-bond donors (Lipinski definition) is 1. The zero-order chi connectivity index (χ0) is 24.7. The van der Waals surface area contributed by atoms with Crippen molar-refractivity contribution in [2.45, 2.75) is 64.7 Å². The molecule has 0 aliphatic carbocycles. The third-order valence-electron chi connectivity index (χ3n) is 6.95. The molecule has 34 heavy (non-hydrogen) atoms. The second kappa shape index (κ2) is 8.91. The Hall–Kier alpha value is -3.12. The fourth-order valence-electron chi connectivity index (χ4n) is 5.19. The van der Waals surface area contributed by atoms with E-state index in [1.165, 1.54) is 0 Å². The van der Waals surface area contributed by atoms with E-state index in [-0.39, 0.29) is 12.1 Å². The highest BCUT2D eigenvalue weighted by molar-refractivity contribution is 5.71. The third kappa shape index (κ3) is 4.60. The molecule has 0 spiro atoms. The summed E-state index contributed by atoms with van der Waals surface area (Å²) in [4.78, 5) is 15.1. The van der Waals surface area contributed by atoms with E-state index in [0.29, 0.717) is 19.4 Å². The molecule has 0 radical (unpaired) electrons. The van der Waals surface area contributed by atoms with E-state index in [9.17, 15) is 9.90 Å². The zero-order valence-corrected chi connectivity index (χ0v) is 21.0. The SMILES string of the molecule is Cc1nn(C)c(C)c1-c1ccc([C@H](C)N2CC[C@](CC(C)(C)O)(c3ccccc3)OC2=O)cc1. The van der Waals surface area contributed by atoms with Gasteiger partial charge in [-0.05, 0) is 51.3 Å². The molecular formula is C28H35N3O3. The van der Waals surface area contributed by atoms with Crippen LogP contribution in [0.3, 0.4) is 0 Å². The number of benzene rings is 2. The Labute approximate surface area is 202 Å². The summed E-state index contributed by atoms with van der Waals surface area (Å²) >= 11 is 0. The van der Waals surface area contributed by atoms with Crippen LogP contribution in [0.15, 0.2) is 54.6 Å². The van der Waals surface area contributed by atoms with Gasteiger partial charge < -0.3 is 14.7 Å². The molecule has 0 saturated carbocycles. The van der Waals surface area contributed by atoms with Crippen LogP contribution in [0, 0.1) is 13.8 Å². The monoisotopic (exact) mass is 461 g/mol. The van der Waals surface area contributed by atoms with Gasteiger partial charge in [-0.1, -0.05) is 54.6 Å². The normalized spacial score (nSPS) is 19.7. The molecule has 1 aliphatic rings. The Bertz CT molecular complexity index is 1160. The predicted octanol–water partition coefficient (Wildman–Crippen LogP) is 5.66. The van der Waals surface area contributed by atoms with Crippen molar-refractivity contribution in [2.75, 3.05) is 6.54 Å². The molecule has 6 heteroatoms. The Kier molecular flexibility index (Phi) is 6.30. The maximum Gasteiger partial charge on any atom is 0.411 e. The van der Waals surface area contributed by atoms with E-state index in [2.05, 4.69) is 36.3 Å². The van der Waals surface area contributed by atoms with Crippen LogP contribution in [0.1, 0.15) is 62.2 Å². The number of aromatic nitrogens is 2. The number of cyclic esters (lactones) is 1. The van der Waals surface area contributed by atoms with Gasteiger partial charge in [0.1, 0.15) is 5.60 Å². The average Bonchev–Trinajstić information content (AvgIpc) is 3.04. The number of aryl methyl sites for hydroxylation is 2. The molecule has 4 rings (SSSR count). The molecule has 2 atom stereocenters. The summed E-state index contributed by atoms with van der Waals surface area (Å²) in [6.45, 7) is 10.2. The van der Waals surface area contributed by atoms with Gasteiger partial charge in [-0.15, -0.1) is 0 Å². The quantitative estimate of drug-likeness (QED) is 0.514. The molecule has 1 saturated heterocycles. The van der Waals surface area contributed by atoms with E-state index in [1.807, 2.05) is 55.9 Å². The van der Waals surface area contributed by atoms with Crippen LogP contribution < -0.4 is 0 Å². The highest BCUT2D eigenvalue weighted by atomic mass is 16.6. The van der Waals surface area contributed by atoms with Crippen LogP contribution >= 0.6 is 0 Å². The molecule has 1 aliphatic heterocycles. The summed E-state index contributed by atoms with van der Waals surface area (Å²) in [5.74, 6) is 0. The second-order valence-corrected chi connectivity index (χ2v) is 10.1. The lowest BCUT2D eigenvalue weighted by molar-refractivity contribution is -0.101. The van der Waals surface area contributed by atoms with Crippen LogP contribution in [-0.2, 0) is 17.4 Å². The molecule has 3 aromatic rings. The largest absolute Gasteiger partial charge is 0.438 e. The lowest BCUT2D eigenvalue weighted by atomic mass is 9.80. The number of nitrogens with zero attached hydrogens (tertiary/aromatic N) is 3. The van der Waals surface area contributed by atoms with Crippen LogP contribution in [-0.4, -0.2) is 38.0 Å².